The SMILES string of the molecule is COc1cc([C@H]2N=C(SCc3ccc(Cl)cc3Cl)NC(C)=C2C(=O)Nc2ccccc2)ccc1C. The van der Waals surface area contributed by atoms with Gasteiger partial charge in [0.05, 0.1) is 12.7 Å². The Morgan fingerprint density at radius 2 is 1.86 bits per heavy atom. The quantitative estimate of drug-likeness (QED) is 0.358. The number of halogens is 2. The van der Waals surface area contributed by atoms with Crippen LogP contribution in [0.15, 0.2) is 83.0 Å². The second-order valence-corrected chi connectivity index (χ2v) is 9.88. The largest absolute Gasteiger partial charge is 0.496 e. The van der Waals surface area contributed by atoms with E-state index in [-0.39, 0.29) is 5.91 Å². The molecule has 8 heteroatoms. The van der Waals surface area contributed by atoms with Crippen LogP contribution in [0.3, 0.4) is 0 Å². The number of allylic oxidation sites excluding steroid dienone is 1. The molecule has 0 saturated carbocycles. The smallest absolute Gasteiger partial charge is 0.255 e. The average molecular weight is 526 g/mol. The maximum Gasteiger partial charge on any atom is 0.255 e. The van der Waals surface area contributed by atoms with Crippen LogP contribution in [0.1, 0.15) is 29.7 Å². The van der Waals surface area contributed by atoms with Crippen molar-refractivity contribution in [1.29, 1.82) is 0 Å². The van der Waals surface area contributed by atoms with Crippen LogP contribution in [-0.4, -0.2) is 18.2 Å². The zero-order chi connectivity index (χ0) is 24.9. The summed E-state index contributed by atoms with van der Waals surface area (Å²) in [5.74, 6) is 1.14. The van der Waals surface area contributed by atoms with E-state index in [0.29, 0.717) is 26.5 Å². The third kappa shape index (κ3) is 6.01. The summed E-state index contributed by atoms with van der Waals surface area (Å²) in [6.07, 6.45) is 0. The van der Waals surface area contributed by atoms with Crippen LogP contribution in [0.5, 0.6) is 5.75 Å². The number of rotatable bonds is 6. The van der Waals surface area contributed by atoms with Crippen LogP contribution < -0.4 is 15.4 Å². The van der Waals surface area contributed by atoms with Gasteiger partial charge < -0.3 is 15.4 Å². The van der Waals surface area contributed by atoms with Crippen molar-refractivity contribution in [2.24, 2.45) is 4.99 Å². The Kier molecular flexibility index (Phi) is 8.06. The number of nitrogens with zero attached hydrogens (tertiary/aromatic N) is 1. The lowest BCUT2D eigenvalue weighted by molar-refractivity contribution is -0.113. The lowest BCUT2D eigenvalue weighted by Crippen LogP contribution is -2.32. The molecule has 2 N–H and O–H groups in total. The van der Waals surface area contributed by atoms with E-state index in [4.69, 9.17) is 32.9 Å². The van der Waals surface area contributed by atoms with E-state index in [0.717, 1.165) is 33.8 Å². The standard InChI is InChI=1S/C27H25Cl2N3O2S/c1-16-9-10-18(13-23(16)34-3)25-24(26(33)31-21-7-5-4-6-8-21)17(2)30-27(32-25)35-15-19-11-12-20(28)14-22(19)29/h4-14,25H,15H2,1-3H3,(H,30,32)(H,31,33)/t25-/m1/s1. The first kappa shape index (κ1) is 25.2. The number of hydrogen-bond donors (Lipinski definition) is 2. The molecular weight excluding hydrogens is 501 g/mol. The highest BCUT2D eigenvalue weighted by atomic mass is 35.5. The van der Waals surface area contributed by atoms with E-state index in [2.05, 4.69) is 10.6 Å². The van der Waals surface area contributed by atoms with Gasteiger partial charge >= 0.3 is 0 Å². The molecule has 0 saturated heterocycles. The molecule has 4 rings (SSSR count). The highest BCUT2D eigenvalue weighted by Gasteiger charge is 2.30. The molecule has 1 aliphatic heterocycles. The van der Waals surface area contributed by atoms with Crippen molar-refractivity contribution in [3.63, 3.8) is 0 Å². The fraction of sp³-hybridized carbons (Fsp3) is 0.185. The first-order valence-electron chi connectivity index (χ1n) is 11.0. The molecule has 1 aliphatic rings. The van der Waals surface area contributed by atoms with Gasteiger partial charge in [-0.1, -0.05) is 71.4 Å². The summed E-state index contributed by atoms with van der Waals surface area (Å²) in [4.78, 5) is 18.3. The predicted molar refractivity (Wildman–Crippen MR) is 147 cm³/mol. The molecular formula is C27H25Cl2N3O2S. The maximum absolute atomic E-state index is 13.4. The third-order valence-corrected chi connectivity index (χ3v) is 7.15. The number of aryl methyl sites for hydroxylation is 1. The minimum absolute atomic E-state index is 0.209. The van der Waals surface area contributed by atoms with Gasteiger partial charge in [-0.25, -0.2) is 4.99 Å². The molecule has 0 fully saturated rings. The minimum Gasteiger partial charge on any atom is -0.496 e. The van der Waals surface area contributed by atoms with E-state index in [1.807, 2.05) is 74.5 Å². The van der Waals surface area contributed by atoms with Crippen molar-refractivity contribution in [3.8, 4) is 5.75 Å². The van der Waals surface area contributed by atoms with E-state index in [1.54, 1.807) is 13.2 Å². The fourth-order valence-electron chi connectivity index (χ4n) is 3.77. The van der Waals surface area contributed by atoms with Crippen LogP contribution in [0.2, 0.25) is 10.0 Å². The van der Waals surface area contributed by atoms with Gasteiger partial charge in [0.15, 0.2) is 5.17 Å². The van der Waals surface area contributed by atoms with Crippen molar-refractivity contribution in [2.75, 3.05) is 12.4 Å². The van der Waals surface area contributed by atoms with Gasteiger partial charge in [0.1, 0.15) is 11.8 Å². The second-order valence-electron chi connectivity index (χ2n) is 8.07. The van der Waals surface area contributed by atoms with E-state index in [9.17, 15) is 4.79 Å². The number of aliphatic imine (C=N–C) groups is 1. The molecule has 0 bridgehead atoms. The summed E-state index contributed by atoms with van der Waals surface area (Å²) in [6.45, 7) is 3.87. The topological polar surface area (TPSA) is 62.7 Å². The van der Waals surface area contributed by atoms with Crippen LogP contribution >= 0.6 is 35.0 Å². The number of carbonyl (C=O) groups excluding carboxylic acids is 1. The van der Waals surface area contributed by atoms with Crippen LogP contribution in [0.25, 0.3) is 0 Å². The highest BCUT2D eigenvalue weighted by Crippen LogP contribution is 2.36. The monoisotopic (exact) mass is 525 g/mol. The zero-order valence-electron chi connectivity index (χ0n) is 19.6. The molecule has 1 heterocycles. The summed E-state index contributed by atoms with van der Waals surface area (Å²) in [6, 6.07) is 20.2. The number of ether oxygens (including phenoxy) is 1. The molecule has 0 spiro atoms. The second kappa shape index (κ2) is 11.2. The van der Waals surface area contributed by atoms with Crippen molar-refractivity contribution < 1.29 is 9.53 Å². The molecule has 0 radical (unpaired) electrons. The average Bonchev–Trinajstić information content (AvgIpc) is 2.84. The van der Waals surface area contributed by atoms with Crippen molar-refractivity contribution in [3.05, 3.63) is 105 Å². The van der Waals surface area contributed by atoms with Crippen LogP contribution in [0, 0.1) is 6.92 Å². The third-order valence-electron chi connectivity index (χ3n) is 5.62. The molecule has 0 aromatic heterocycles. The first-order chi connectivity index (χ1) is 16.9. The Bertz CT molecular complexity index is 1310. The van der Waals surface area contributed by atoms with Crippen molar-refractivity contribution in [2.45, 2.75) is 25.6 Å². The molecule has 180 valence electrons. The summed E-state index contributed by atoms with van der Waals surface area (Å²) in [5, 5.41) is 8.20. The van der Waals surface area contributed by atoms with Crippen molar-refractivity contribution >= 4 is 51.7 Å². The van der Waals surface area contributed by atoms with Crippen LogP contribution in [-0.2, 0) is 10.5 Å². The van der Waals surface area contributed by atoms with Gasteiger partial charge in [0.25, 0.3) is 5.91 Å². The van der Waals surface area contributed by atoms with Gasteiger partial charge in [-0.2, -0.15) is 0 Å². The van der Waals surface area contributed by atoms with Gasteiger partial charge in [-0.05, 0) is 60.9 Å². The molecule has 0 unspecified atom stereocenters. The van der Waals surface area contributed by atoms with Gasteiger partial charge in [0, 0.05) is 27.2 Å². The molecule has 3 aromatic carbocycles. The van der Waals surface area contributed by atoms with E-state index >= 15 is 0 Å². The number of carbonyl (C=O) groups is 1. The zero-order valence-corrected chi connectivity index (χ0v) is 21.9. The fourth-order valence-corrected chi connectivity index (χ4v) is 5.27. The number of amides is 1. The number of thioether (sulfide) groups is 1. The molecule has 35 heavy (non-hydrogen) atoms. The Hall–Kier alpha value is -2.93. The number of hydrogen-bond acceptors (Lipinski definition) is 5. The lowest BCUT2D eigenvalue weighted by Gasteiger charge is -2.27. The molecule has 1 atom stereocenters. The number of para-hydroxylation sites is 1. The molecule has 0 aliphatic carbocycles. The Morgan fingerprint density at radius 3 is 2.57 bits per heavy atom. The van der Waals surface area contributed by atoms with Gasteiger partial charge in [-0.15, -0.1) is 0 Å². The number of nitrogens with one attached hydrogen (secondary N) is 2. The van der Waals surface area contributed by atoms with Gasteiger partial charge in [0.2, 0.25) is 0 Å². The number of amidine groups is 1. The van der Waals surface area contributed by atoms with E-state index in [1.165, 1.54) is 11.8 Å². The molecule has 5 nitrogen and oxygen atoms in total. The Labute approximate surface area is 219 Å². The van der Waals surface area contributed by atoms with Crippen LogP contribution in [0.4, 0.5) is 5.69 Å². The summed E-state index contributed by atoms with van der Waals surface area (Å²) in [7, 11) is 1.64. The minimum atomic E-state index is -0.502. The first-order valence-corrected chi connectivity index (χ1v) is 12.7. The Morgan fingerprint density at radius 1 is 1.09 bits per heavy atom. The highest BCUT2D eigenvalue weighted by molar-refractivity contribution is 8.13. The van der Waals surface area contributed by atoms with E-state index < -0.39 is 6.04 Å². The lowest BCUT2D eigenvalue weighted by atomic mass is 9.94. The number of methoxy groups -OCH3 is 1. The number of benzene rings is 3. The summed E-state index contributed by atoms with van der Waals surface area (Å²) >= 11 is 13.9. The summed E-state index contributed by atoms with van der Waals surface area (Å²) < 4.78 is 5.54. The number of anilines is 1. The molecule has 3 aromatic rings. The van der Waals surface area contributed by atoms with Gasteiger partial charge in [-0.3, -0.25) is 4.79 Å². The molecule has 1 amide bonds. The summed E-state index contributed by atoms with van der Waals surface area (Å²) in [5.41, 5.74) is 4.84. The Balaban J connectivity index is 1.66. The predicted octanol–water partition coefficient (Wildman–Crippen LogP) is 7.16. The normalized spacial score (nSPS) is 15.3. The van der Waals surface area contributed by atoms with Crippen molar-refractivity contribution in [1.82, 2.24) is 5.32 Å². The maximum atomic E-state index is 13.4.